The van der Waals surface area contributed by atoms with Crippen molar-refractivity contribution in [3.05, 3.63) is 15.6 Å². The van der Waals surface area contributed by atoms with E-state index in [0.29, 0.717) is 6.54 Å². The molecule has 1 aliphatic heterocycles. The molecular weight excluding hydrogens is 242 g/mol. The number of hydrogen-bond acceptors (Lipinski definition) is 4. The molecule has 100 valence electrons. The van der Waals surface area contributed by atoms with E-state index in [4.69, 9.17) is 10.7 Å². The number of aromatic nitrogens is 1. The van der Waals surface area contributed by atoms with Gasteiger partial charge in [-0.2, -0.15) is 0 Å². The Balaban J connectivity index is 1.65. The maximum Gasteiger partial charge on any atom is 0.107 e. The zero-order valence-corrected chi connectivity index (χ0v) is 12.0. The summed E-state index contributed by atoms with van der Waals surface area (Å²) in [6.45, 7) is 6.53. The molecule has 2 heterocycles. The fourth-order valence-electron chi connectivity index (χ4n) is 2.72. The summed E-state index contributed by atoms with van der Waals surface area (Å²) in [6, 6.07) is 0. The first-order chi connectivity index (χ1) is 8.76. The van der Waals surface area contributed by atoms with Gasteiger partial charge in [0, 0.05) is 17.3 Å². The van der Waals surface area contributed by atoms with Gasteiger partial charge in [-0.25, -0.2) is 4.98 Å². The van der Waals surface area contributed by atoms with E-state index in [9.17, 15) is 0 Å². The molecule has 3 nitrogen and oxygen atoms in total. The predicted octanol–water partition coefficient (Wildman–Crippen LogP) is 2.71. The number of rotatable bonds is 4. The summed E-state index contributed by atoms with van der Waals surface area (Å²) in [5.74, 6) is 1.63. The van der Waals surface area contributed by atoms with E-state index >= 15 is 0 Å². The third kappa shape index (κ3) is 2.76. The highest BCUT2D eigenvalue weighted by Crippen LogP contribution is 2.42. The van der Waals surface area contributed by atoms with Gasteiger partial charge in [-0.15, -0.1) is 11.3 Å². The molecule has 0 atom stereocenters. The molecule has 3 rings (SSSR count). The zero-order valence-electron chi connectivity index (χ0n) is 11.2. The lowest BCUT2D eigenvalue weighted by Gasteiger charge is -2.29. The second-order valence-corrected chi connectivity index (χ2v) is 7.02. The fraction of sp³-hybridized carbons (Fsp3) is 0.786. The van der Waals surface area contributed by atoms with Gasteiger partial charge in [0.1, 0.15) is 5.01 Å². The summed E-state index contributed by atoms with van der Waals surface area (Å²) >= 11 is 1.84. The Bertz CT molecular complexity index is 403. The highest BCUT2D eigenvalue weighted by molar-refractivity contribution is 7.11. The summed E-state index contributed by atoms with van der Waals surface area (Å²) < 4.78 is 0. The lowest BCUT2D eigenvalue weighted by atomic mass is 9.99. The summed E-state index contributed by atoms with van der Waals surface area (Å²) in [4.78, 5) is 8.74. The first-order valence-electron chi connectivity index (χ1n) is 7.17. The number of thiazole rings is 1. The van der Waals surface area contributed by atoms with Gasteiger partial charge in [-0.1, -0.05) is 6.92 Å². The lowest BCUT2D eigenvalue weighted by molar-refractivity contribution is 0.185. The van der Waals surface area contributed by atoms with Crippen molar-refractivity contribution in [2.75, 3.05) is 13.1 Å². The van der Waals surface area contributed by atoms with E-state index in [2.05, 4.69) is 11.8 Å². The van der Waals surface area contributed by atoms with Crippen LogP contribution in [0, 0.1) is 5.92 Å². The molecule has 1 aliphatic carbocycles. The number of nitrogens with zero attached hydrogens (tertiary/aromatic N) is 2. The summed E-state index contributed by atoms with van der Waals surface area (Å²) in [6.07, 6.45) is 5.31. The Morgan fingerprint density at radius 2 is 2.00 bits per heavy atom. The van der Waals surface area contributed by atoms with Crippen LogP contribution < -0.4 is 5.73 Å². The van der Waals surface area contributed by atoms with E-state index < -0.39 is 0 Å². The van der Waals surface area contributed by atoms with Crippen LogP contribution in [0.2, 0.25) is 0 Å². The van der Waals surface area contributed by atoms with Crippen LogP contribution in [-0.2, 0) is 13.1 Å². The van der Waals surface area contributed by atoms with Gasteiger partial charge in [-0.05, 0) is 44.7 Å². The molecule has 0 spiro atoms. The van der Waals surface area contributed by atoms with Crippen LogP contribution in [0.15, 0.2) is 0 Å². The summed E-state index contributed by atoms with van der Waals surface area (Å²) in [5.41, 5.74) is 7.16. The Hall–Kier alpha value is -0.450. The number of hydrogen-bond donors (Lipinski definition) is 1. The first-order valence-corrected chi connectivity index (χ1v) is 7.99. The second-order valence-electron chi connectivity index (χ2n) is 5.85. The smallest absolute Gasteiger partial charge is 0.107 e. The second kappa shape index (κ2) is 5.27. The molecule has 0 radical (unpaired) electrons. The first kappa shape index (κ1) is 12.6. The average Bonchev–Trinajstić information content (AvgIpc) is 3.14. The molecule has 4 heteroatoms. The summed E-state index contributed by atoms with van der Waals surface area (Å²) in [7, 11) is 0. The Kier molecular flexibility index (Phi) is 3.68. The van der Waals surface area contributed by atoms with E-state index in [1.165, 1.54) is 54.4 Å². The van der Waals surface area contributed by atoms with Crippen molar-refractivity contribution in [3.8, 4) is 0 Å². The van der Waals surface area contributed by atoms with E-state index in [0.717, 1.165) is 18.4 Å². The molecule has 0 amide bonds. The van der Waals surface area contributed by atoms with Crippen LogP contribution in [0.4, 0.5) is 0 Å². The predicted molar refractivity (Wildman–Crippen MR) is 75.7 cm³/mol. The highest BCUT2D eigenvalue weighted by Gasteiger charge is 2.29. The van der Waals surface area contributed by atoms with Crippen molar-refractivity contribution in [1.82, 2.24) is 9.88 Å². The standard InChI is InChI=1S/C14H23N3S/c1-10-4-6-17(7-5-10)9-13-16-14(11-2-3-11)12(8-15)18-13/h10-11H,2-9,15H2,1H3. The van der Waals surface area contributed by atoms with Crippen LogP contribution in [-0.4, -0.2) is 23.0 Å². The van der Waals surface area contributed by atoms with Gasteiger partial charge < -0.3 is 5.73 Å². The van der Waals surface area contributed by atoms with Crippen LogP contribution in [0.5, 0.6) is 0 Å². The van der Waals surface area contributed by atoms with Gasteiger partial charge in [0.05, 0.1) is 12.2 Å². The molecule has 2 aliphatic rings. The quantitative estimate of drug-likeness (QED) is 0.910. The molecule has 1 saturated carbocycles. The zero-order chi connectivity index (χ0) is 12.5. The molecule has 1 aromatic heterocycles. The molecule has 0 unspecified atom stereocenters. The molecule has 1 saturated heterocycles. The normalized spacial score (nSPS) is 22.6. The van der Waals surface area contributed by atoms with E-state index in [1.807, 2.05) is 11.3 Å². The molecule has 2 N–H and O–H groups in total. The maximum atomic E-state index is 5.84. The molecule has 0 aromatic carbocycles. The largest absolute Gasteiger partial charge is 0.326 e. The number of piperidine rings is 1. The third-order valence-electron chi connectivity index (χ3n) is 4.16. The highest BCUT2D eigenvalue weighted by atomic mass is 32.1. The number of likely N-dealkylation sites (tertiary alicyclic amines) is 1. The van der Waals surface area contributed by atoms with Crippen molar-refractivity contribution in [2.45, 2.75) is 51.6 Å². The van der Waals surface area contributed by atoms with Gasteiger partial charge in [0.15, 0.2) is 0 Å². The third-order valence-corrected chi connectivity index (χ3v) is 5.23. The molecular formula is C14H23N3S. The SMILES string of the molecule is CC1CCN(Cc2nc(C3CC3)c(CN)s2)CC1. The van der Waals surface area contributed by atoms with Gasteiger partial charge in [-0.3, -0.25) is 4.90 Å². The molecule has 2 fully saturated rings. The minimum absolute atomic E-state index is 0.667. The molecule has 1 aromatic rings. The minimum atomic E-state index is 0.667. The Morgan fingerprint density at radius 1 is 1.28 bits per heavy atom. The van der Waals surface area contributed by atoms with Crippen molar-refractivity contribution < 1.29 is 0 Å². The van der Waals surface area contributed by atoms with Crippen molar-refractivity contribution in [3.63, 3.8) is 0 Å². The Labute approximate surface area is 113 Å². The van der Waals surface area contributed by atoms with E-state index in [1.54, 1.807) is 0 Å². The molecule has 18 heavy (non-hydrogen) atoms. The van der Waals surface area contributed by atoms with Gasteiger partial charge >= 0.3 is 0 Å². The maximum absolute atomic E-state index is 5.84. The monoisotopic (exact) mass is 265 g/mol. The van der Waals surface area contributed by atoms with Crippen molar-refractivity contribution in [2.24, 2.45) is 11.7 Å². The average molecular weight is 265 g/mol. The van der Waals surface area contributed by atoms with Crippen LogP contribution in [0.1, 0.15) is 54.1 Å². The van der Waals surface area contributed by atoms with Gasteiger partial charge in [0.2, 0.25) is 0 Å². The van der Waals surface area contributed by atoms with Gasteiger partial charge in [0.25, 0.3) is 0 Å². The Morgan fingerprint density at radius 3 is 2.61 bits per heavy atom. The van der Waals surface area contributed by atoms with Crippen molar-refractivity contribution in [1.29, 1.82) is 0 Å². The van der Waals surface area contributed by atoms with Crippen LogP contribution in [0.3, 0.4) is 0 Å². The summed E-state index contributed by atoms with van der Waals surface area (Å²) in [5, 5.41) is 1.28. The van der Waals surface area contributed by atoms with Crippen molar-refractivity contribution >= 4 is 11.3 Å². The lowest BCUT2D eigenvalue weighted by Crippen LogP contribution is -2.32. The topological polar surface area (TPSA) is 42.2 Å². The molecule has 0 bridgehead atoms. The minimum Gasteiger partial charge on any atom is -0.326 e. The number of nitrogens with two attached hydrogens (primary N) is 1. The van der Waals surface area contributed by atoms with E-state index in [-0.39, 0.29) is 0 Å². The van der Waals surface area contributed by atoms with Crippen LogP contribution >= 0.6 is 11.3 Å². The van der Waals surface area contributed by atoms with Crippen LogP contribution in [0.25, 0.3) is 0 Å². The fourth-order valence-corrected chi connectivity index (χ4v) is 3.79.